The molecule has 0 saturated carbocycles. The van der Waals surface area contributed by atoms with E-state index in [4.69, 9.17) is 10.5 Å². The van der Waals surface area contributed by atoms with E-state index in [9.17, 15) is 9.59 Å². The van der Waals surface area contributed by atoms with Crippen molar-refractivity contribution in [3.05, 3.63) is 29.3 Å². The van der Waals surface area contributed by atoms with E-state index < -0.39 is 5.97 Å². The zero-order chi connectivity index (χ0) is 13.5. The van der Waals surface area contributed by atoms with E-state index in [0.717, 1.165) is 5.56 Å². The summed E-state index contributed by atoms with van der Waals surface area (Å²) in [5.74, 6) is -0.711. The Kier molecular flexibility index (Phi) is 5.17. The number of benzene rings is 1. The minimum atomic E-state index is -0.436. The summed E-state index contributed by atoms with van der Waals surface area (Å²) in [4.78, 5) is 22.5. The largest absolute Gasteiger partial charge is 0.469 e. The Labute approximate surface area is 106 Å². The number of hydrogen-bond donors (Lipinski definition) is 1. The van der Waals surface area contributed by atoms with Crippen LogP contribution in [0.5, 0.6) is 0 Å². The molecule has 5 heteroatoms. The molecule has 0 aliphatic heterocycles. The molecular formula is C13H17NO4. The van der Waals surface area contributed by atoms with Crippen LogP contribution >= 0.6 is 0 Å². The van der Waals surface area contributed by atoms with Gasteiger partial charge in [0, 0.05) is 12.1 Å². The molecular weight excluding hydrogens is 234 g/mol. The van der Waals surface area contributed by atoms with E-state index in [1.165, 1.54) is 7.11 Å². The van der Waals surface area contributed by atoms with Gasteiger partial charge in [0.15, 0.2) is 0 Å². The van der Waals surface area contributed by atoms with Crippen LogP contribution < -0.4 is 5.73 Å². The molecule has 2 N–H and O–H groups in total. The first-order chi connectivity index (χ1) is 8.58. The summed E-state index contributed by atoms with van der Waals surface area (Å²) in [6, 6.07) is 5.04. The Morgan fingerprint density at radius 1 is 1.33 bits per heavy atom. The van der Waals surface area contributed by atoms with E-state index in [-0.39, 0.29) is 12.4 Å². The van der Waals surface area contributed by atoms with Crippen LogP contribution in [-0.2, 0) is 20.7 Å². The number of carbonyl (C=O) groups is 2. The minimum absolute atomic E-state index is 0.275. The van der Waals surface area contributed by atoms with Crippen LogP contribution in [0.2, 0.25) is 0 Å². The van der Waals surface area contributed by atoms with Crippen LogP contribution in [0.1, 0.15) is 29.3 Å². The second kappa shape index (κ2) is 6.64. The van der Waals surface area contributed by atoms with Crippen molar-refractivity contribution in [2.45, 2.75) is 19.8 Å². The number of hydrogen-bond acceptors (Lipinski definition) is 5. The maximum absolute atomic E-state index is 11.5. The molecule has 0 heterocycles. The number of ether oxygens (including phenoxy) is 2. The number of nitrogens with two attached hydrogens (primary N) is 1. The highest BCUT2D eigenvalue weighted by molar-refractivity contribution is 5.95. The van der Waals surface area contributed by atoms with Gasteiger partial charge in [0.1, 0.15) is 0 Å². The molecule has 1 aromatic rings. The van der Waals surface area contributed by atoms with Crippen molar-refractivity contribution < 1.29 is 19.1 Å². The highest BCUT2D eigenvalue weighted by atomic mass is 16.5. The number of carbonyl (C=O) groups excluding carboxylic acids is 2. The van der Waals surface area contributed by atoms with Crippen molar-refractivity contribution in [2.75, 3.05) is 19.5 Å². The molecule has 0 saturated heterocycles. The maximum atomic E-state index is 11.5. The van der Waals surface area contributed by atoms with Crippen LogP contribution in [0.25, 0.3) is 0 Å². The van der Waals surface area contributed by atoms with Crippen LogP contribution in [-0.4, -0.2) is 25.7 Å². The van der Waals surface area contributed by atoms with Gasteiger partial charge in [-0.1, -0.05) is 6.07 Å². The van der Waals surface area contributed by atoms with Crippen molar-refractivity contribution in [1.82, 2.24) is 0 Å². The van der Waals surface area contributed by atoms with Crippen molar-refractivity contribution in [3.63, 3.8) is 0 Å². The van der Waals surface area contributed by atoms with E-state index in [1.807, 2.05) is 0 Å². The average molecular weight is 251 g/mol. The first-order valence-corrected chi connectivity index (χ1v) is 5.70. The lowest BCUT2D eigenvalue weighted by atomic mass is 10.1. The first kappa shape index (κ1) is 14.0. The van der Waals surface area contributed by atoms with Crippen molar-refractivity contribution in [1.29, 1.82) is 0 Å². The summed E-state index contributed by atoms with van der Waals surface area (Å²) in [7, 11) is 1.35. The quantitative estimate of drug-likeness (QED) is 0.634. The van der Waals surface area contributed by atoms with Gasteiger partial charge >= 0.3 is 11.9 Å². The highest BCUT2D eigenvalue weighted by Gasteiger charge is 2.11. The lowest BCUT2D eigenvalue weighted by Crippen LogP contribution is -2.08. The molecule has 0 atom stereocenters. The van der Waals surface area contributed by atoms with E-state index >= 15 is 0 Å². The molecule has 0 bridgehead atoms. The average Bonchev–Trinajstić information content (AvgIpc) is 2.36. The molecule has 98 valence electrons. The zero-order valence-electron chi connectivity index (χ0n) is 10.6. The number of aryl methyl sites for hydroxylation is 1. The third kappa shape index (κ3) is 3.76. The molecule has 0 radical (unpaired) electrons. The molecule has 0 aliphatic carbocycles. The fourth-order valence-electron chi connectivity index (χ4n) is 1.51. The molecule has 0 unspecified atom stereocenters. The summed E-state index contributed by atoms with van der Waals surface area (Å²) in [6.45, 7) is 2.04. The molecule has 18 heavy (non-hydrogen) atoms. The molecule has 1 rings (SSSR count). The fraction of sp³-hybridized carbons (Fsp3) is 0.385. The normalized spacial score (nSPS) is 9.89. The summed E-state index contributed by atoms with van der Waals surface area (Å²) < 4.78 is 9.42. The van der Waals surface area contributed by atoms with Crippen LogP contribution in [0.3, 0.4) is 0 Å². The number of esters is 2. The van der Waals surface area contributed by atoms with Gasteiger partial charge in [-0.3, -0.25) is 4.79 Å². The Morgan fingerprint density at radius 2 is 2.06 bits per heavy atom. The summed E-state index contributed by atoms with van der Waals surface area (Å²) >= 11 is 0. The topological polar surface area (TPSA) is 78.6 Å². The first-order valence-electron chi connectivity index (χ1n) is 5.70. The van der Waals surface area contributed by atoms with E-state index in [1.54, 1.807) is 25.1 Å². The van der Waals surface area contributed by atoms with Crippen molar-refractivity contribution >= 4 is 17.6 Å². The summed E-state index contributed by atoms with van der Waals surface area (Å²) in [6.07, 6.45) is 0.814. The molecule has 0 aliphatic rings. The number of rotatable bonds is 5. The van der Waals surface area contributed by atoms with Crippen LogP contribution in [0.4, 0.5) is 5.69 Å². The lowest BCUT2D eigenvalue weighted by Gasteiger charge is -2.07. The zero-order valence-corrected chi connectivity index (χ0v) is 10.6. The predicted octanol–water partition coefficient (Wildman–Crippen LogP) is 1.55. The van der Waals surface area contributed by atoms with Crippen LogP contribution in [0, 0.1) is 0 Å². The number of anilines is 1. The predicted molar refractivity (Wildman–Crippen MR) is 67.1 cm³/mol. The summed E-state index contributed by atoms with van der Waals surface area (Å²) in [5.41, 5.74) is 7.36. The van der Waals surface area contributed by atoms with Gasteiger partial charge in [0.25, 0.3) is 0 Å². The van der Waals surface area contributed by atoms with E-state index in [2.05, 4.69) is 4.74 Å². The van der Waals surface area contributed by atoms with Gasteiger partial charge in [0.2, 0.25) is 0 Å². The van der Waals surface area contributed by atoms with Gasteiger partial charge in [-0.25, -0.2) is 4.79 Å². The van der Waals surface area contributed by atoms with Gasteiger partial charge in [-0.2, -0.15) is 0 Å². The highest BCUT2D eigenvalue weighted by Crippen LogP contribution is 2.16. The molecule has 0 amide bonds. The van der Waals surface area contributed by atoms with Crippen molar-refractivity contribution in [2.24, 2.45) is 0 Å². The third-order valence-electron chi connectivity index (χ3n) is 2.46. The second-order valence-electron chi connectivity index (χ2n) is 3.72. The van der Waals surface area contributed by atoms with Crippen molar-refractivity contribution in [3.8, 4) is 0 Å². The lowest BCUT2D eigenvalue weighted by molar-refractivity contribution is -0.140. The van der Waals surface area contributed by atoms with Gasteiger partial charge in [-0.15, -0.1) is 0 Å². The SMILES string of the molecule is CCOC(=O)c1ccc(CCC(=O)OC)cc1N. The summed E-state index contributed by atoms with van der Waals surface area (Å²) in [5, 5.41) is 0. The Bertz CT molecular complexity index is 443. The van der Waals surface area contributed by atoms with Crippen LogP contribution in [0.15, 0.2) is 18.2 Å². The molecule has 0 spiro atoms. The monoisotopic (exact) mass is 251 g/mol. The molecule has 0 fully saturated rings. The molecule has 0 aromatic heterocycles. The minimum Gasteiger partial charge on any atom is -0.469 e. The standard InChI is InChI=1S/C13H17NO4/c1-3-18-13(16)10-6-4-9(8-11(10)14)5-7-12(15)17-2/h4,6,8H,3,5,7,14H2,1-2H3. The second-order valence-corrected chi connectivity index (χ2v) is 3.72. The number of nitrogen functional groups attached to an aromatic ring is 1. The Hall–Kier alpha value is -2.04. The number of methoxy groups -OCH3 is 1. The van der Waals surface area contributed by atoms with Gasteiger partial charge in [-0.05, 0) is 31.0 Å². The fourth-order valence-corrected chi connectivity index (χ4v) is 1.51. The van der Waals surface area contributed by atoms with Gasteiger partial charge < -0.3 is 15.2 Å². The Balaban J connectivity index is 2.73. The molecule has 1 aromatic carbocycles. The molecule has 5 nitrogen and oxygen atoms in total. The maximum Gasteiger partial charge on any atom is 0.340 e. The third-order valence-corrected chi connectivity index (χ3v) is 2.46. The smallest absolute Gasteiger partial charge is 0.340 e. The van der Waals surface area contributed by atoms with Gasteiger partial charge in [0.05, 0.1) is 19.3 Å². The Morgan fingerprint density at radius 3 is 2.61 bits per heavy atom. The van der Waals surface area contributed by atoms with E-state index in [0.29, 0.717) is 24.3 Å².